The number of nitrogens with one attached hydrogen (secondary N) is 3. The Hall–Kier alpha value is -2.60. The Morgan fingerprint density at radius 1 is 1.26 bits per heavy atom. The molecule has 3 aromatic heterocycles. The van der Waals surface area contributed by atoms with Gasteiger partial charge in [0.2, 0.25) is 0 Å². The first-order valence-electron chi connectivity index (χ1n) is 10.9. The predicted molar refractivity (Wildman–Crippen MR) is 123 cm³/mol. The molecule has 1 saturated heterocycles. The number of thiophene rings is 1. The number of hydrogen-bond acceptors (Lipinski definition) is 6. The third-order valence-electron chi connectivity index (χ3n) is 6.53. The Labute approximate surface area is 201 Å². The third-order valence-corrected chi connectivity index (χ3v) is 7.98. The number of benzene rings is 1. The minimum Gasteiger partial charge on any atom is -0.363 e. The molecule has 12 heteroatoms. The molecule has 0 aliphatic carbocycles. The Balaban J connectivity index is 1.27. The number of aromatic amines is 2. The van der Waals surface area contributed by atoms with E-state index >= 15 is 0 Å². The molecule has 0 amide bonds. The summed E-state index contributed by atoms with van der Waals surface area (Å²) >= 11 is 7.33. The first-order chi connectivity index (χ1) is 16.2. The van der Waals surface area contributed by atoms with E-state index in [1.54, 1.807) is 4.68 Å². The molecular weight excluding hydrogens is 486 g/mol. The molecule has 0 unspecified atom stereocenters. The van der Waals surface area contributed by atoms with E-state index in [9.17, 15) is 13.6 Å². The molecule has 5 heterocycles. The number of ether oxygens (including phenoxy) is 1. The molecule has 6 rings (SSSR count). The number of rotatable bonds is 3. The van der Waals surface area contributed by atoms with Gasteiger partial charge in [-0.25, -0.2) is 9.48 Å². The highest BCUT2D eigenvalue weighted by atomic mass is 35.5. The summed E-state index contributed by atoms with van der Waals surface area (Å²) in [6, 6.07) is 6.82. The van der Waals surface area contributed by atoms with E-state index in [1.807, 2.05) is 31.3 Å². The summed E-state index contributed by atoms with van der Waals surface area (Å²) in [6.45, 7) is 1.82. The second-order valence-electron chi connectivity index (χ2n) is 9.11. The van der Waals surface area contributed by atoms with Gasteiger partial charge in [-0.05, 0) is 37.1 Å². The summed E-state index contributed by atoms with van der Waals surface area (Å²) in [5.41, 5.74) is 2.01. The highest BCUT2D eigenvalue weighted by Crippen LogP contribution is 2.54. The quantitative estimate of drug-likeness (QED) is 0.389. The molecule has 0 bridgehead atoms. The van der Waals surface area contributed by atoms with Crippen LogP contribution in [0.2, 0.25) is 4.34 Å². The largest absolute Gasteiger partial charge is 0.363 e. The van der Waals surface area contributed by atoms with Crippen molar-refractivity contribution >= 4 is 34.0 Å². The molecule has 1 fully saturated rings. The van der Waals surface area contributed by atoms with Crippen molar-refractivity contribution in [3.63, 3.8) is 0 Å². The molecule has 3 N–H and O–H groups in total. The second kappa shape index (κ2) is 7.70. The maximum Gasteiger partial charge on any atom is 0.323 e. The van der Waals surface area contributed by atoms with Crippen LogP contribution in [0.5, 0.6) is 0 Å². The second-order valence-corrected chi connectivity index (χ2v) is 10.8. The third kappa shape index (κ3) is 3.67. The van der Waals surface area contributed by atoms with E-state index in [0.717, 1.165) is 16.6 Å². The van der Waals surface area contributed by atoms with Crippen LogP contribution in [0.1, 0.15) is 47.5 Å². The minimum atomic E-state index is -3.05. The van der Waals surface area contributed by atoms with Crippen molar-refractivity contribution in [2.24, 2.45) is 0 Å². The van der Waals surface area contributed by atoms with Crippen LogP contribution < -0.4 is 11.0 Å². The zero-order valence-corrected chi connectivity index (χ0v) is 19.6. The summed E-state index contributed by atoms with van der Waals surface area (Å²) in [7, 11) is 0. The predicted octanol–water partition coefficient (Wildman–Crippen LogP) is 4.04. The topological polar surface area (TPSA) is 101 Å². The molecule has 0 radical (unpaired) electrons. The number of piperidine rings is 1. The fraction of sp³-hybridized carbons (Fsp3) is 0.409. The minimum absolute atomic E-state index is 0.0113. The summed E-state index contributed by atoms with van der Waals surface area (Å²) in [4.78, 5) is 17.5. The van der Waals surface area contributed by atoms with Gasteiger partial charge in [0.25, 0.3) is 5.92 Å². The van der Waals surface area contributed by atoms with Gasteiger partial charge in [0, 0.05) is 22.9 Å². The smallest absolute Gasteiger partial charge is 0.323 e. The molecule has 3 atom stereocenters. The first kappa shape index (κ1) is 21.9. The van der Waals surface area contributed by atoms with Crippen molar-refractivity contribution in [3.8, 4) is 0 Å². The van der Waals surface area contributed by atoms with E-state index in [4.69, 9.17) is 16.3 Å². The van der Waals surface area contributed by atoms with Crippen LogP contribution in [0.4, 0.5) is 8.78 Å². The molecule has 34 heavy (non-hydrogen) atoms. The standard InChI is InChI=1S/C22H21ClF2N6O2S/c1-11-6-21(19-13(5-18(23)34-19)22(24,25)10-33-21)7-16(26-11)17-9-31(30-29-17)8-12-2-3-14-15(4-12)28-20(32)27-14/h2-5,9,11,16,26H,6-8,10H2,1H3,(H2,27,28,32)/t11-,16-,21-/m0/s1. The van der Waals surface area contributed by atoms with E-state index in [1.165, 1.54) is 17.4 Å². The molecule has 8 nitrogen and oxygen atoms in total. The lowest BCUT2D eigenvalue weighted by Crippen LogP contribution is -2.51. The van der Waals surface area contributed by atoms with Crippen molar-refractivity contribution in [3.05, 3.63) is 67.0 Å². The Kier molecular flexibility index (Phi) is 4.96. The highest BCUT2D eigenvalue weighted by molar-refractivity contribution is 7.16. The van der Waals surface area contributed by atoms with Gasteiger partial charge in [0.05, 0.1) is 39.8 Å². The molecular formula is C22H21ClF2N6O2S. The normalized spacial score (nSPS) is 26.2. The summed E-state index contributed by atoms with van der Waals surface area (Å²) in [5, 5.41) is 12.1. The fourth-order valence-corrected chi connectivity index (χ4v) is 6.56. The van der Waals surface area contributed by atoms with Crippen LogP contribution in [0, 0.1) is 0 Å². The number of nitrogens with zero attached hydrogens (tertiary/aromatic N) is 3. The van der Waals surface area contributed by atoms with Crippen molar-refractivity contribution < 1.29 is 13.5 Å². The summed E-state index contributed by atoms with van der Waals surface area (Å²) in [5.74, 6) is -3.05. The SMILES string of the molecule is C[C@H]1C[C@@]2(C[C@@H](c3cn(Cc4ccc5[nH]c(=O)[nH]c5c4)nn3)N1)OCC(F)(F)c1cc(Cl)sc12. The number of aromatic nitrogens is 5. The number of hydrogen-bond donors (Lipinski definition) is 3. The van der Waals surface area contributed by atoms with Gasteiger partial charge in [-0.3, -0.25) is 0 Å². The summed E-state index contributed by atoms with van der Waals surface area (Å²) < 4.78 is 37.0. The molecule has 1 aromatic carbocycles. The average Bonchev–Trinajstić information content (AvgIpc) is 3.49. The van der Waals surface area contributed by atoms with E-state index in [2.05, 4.69) is 25.6 Å². The van der Waals surface area contributed by atoms with Gasteiger partial charge in [0.1, 0.15) is 12.2 Å². The first-order valence-corrected chi connectivity index (χ1v) is 12.1. The molecule has 2 aliphatic heterocycles. The van der Waals surface area contributed by atoms with Gasteiger partial charge in [-0.1, -0.05) is 22.9 Å². The van der Waals surface area contributed by atoms with Crippen LogP contribution in [0.15, 0.2) is 35.3 Å². The lowest BCUT2D eigenvalue weighted by molar-refractivity contribution is -0.183. The Morgan fingerprint density at radius 2 is 2.09 bits per heavy atom. The van der Waals surface area contributed by atoms with Gasteiger partial charge in [-0.15, -0.1) is 16.4 Å². The van der Waals surface area contributed by atoms with Crippen LogP contribution in [0.25, 0.3) is 11.0 Å². The highest BCUT2D eigenvalue weighted by Gasteiger charge is 2.53. The van der Waals surface area contributed by atoms with Gasteiger partial charge in [-0.2, -0.15) is 8.78 Å². The maximum atomic E-state index is 14.5. The summed E-state index contributed by atoms with van der Waals surface area (Å²) in [6.07, 6.45) is 2.87. The Bertz CT molecular complexity index is 1440. The van der Waals surface area contributed by atoms with Crippen LogP contribution in [-0.4, -0.2) is 37.6 Å². The van der Waals surface area contributed by atoms with Crippen molar-refractivity contribution in [1.82, 2.24) is 30.3 Å². The average molecular weight is 507 g/mol. The van der Waals surface area contributed by atoms with Crippen molar-refractivity contribution in [2.75, 3.05) is 6.61 Å². The molecule has 4 aromatic rings. The lowest BCUT2D eigenvalue weighted by atomic mass is 9.78. The van der Waals surface area contributed by atoms with Gasteiger partial charge < -0.3 is 20.0 Å². The Morgan fingerprint density at radius 3 is 2.94 bits per heavy atom. The zero-order chi connectivity index (χ0) is 23.7. The molecule has 2 aliphatic rings. The number of halogens is 3. The van der Waals surface area contributed by atoms with Crippen LogP contribution in [0.3, 0.4) is 0 Å². The van der Waals surface area contributed by atoms with E-state index < -0.39 is 18.1 Å². The van der Waals surface area contributed by atoms with E-state index in [-0.39, 0.29) is 23.3 Å². The number of fused-ring (bicyclic) bond motifs is 3. The van der Waals surface area contributed by atoms with Gasteiger partial charge in [0.15, 0.2) is 0 Å². The molecule has 178 valence electrons. The molecule has 0 saturated carbocycles. The van der Waals surface area contributed by atoms with Crippen molar-refractivity contribution in [2.45, 2.75) is 49.9 Å². The van der Waals surface area contributed by atoms with E-state index in [0.29, 0.717) is 34.3 Å². The fourth-order valence-electron chi connectivity index (χ4n) is 5.12. The molecule has 1 spiro atoms. The number of H-pyrrole nitrogens is 2. The zero-order valence-electron chi connectivity index (χ0n) is 18.1. The lowest BCUT2D eigenvalue weighted by Gasteiger charge is -2.47. The monoisotopic (exact) mass is 506 g/mol. The van der Waals surface area contributed by atoms with Crippen LogP contribution >= 0.6 is 22.9 Å². The maximum absolute atomic E-state index is 14.5. The van der Waals surface area contributed by atoms with Crippen molar-refractivity contribution in [1.29, 1.82) is 0 Å². The van der Waals surface area contributed by atoms with Gasteiger partial charge >= 0.3 is 5.69 Å². The number of alkyl halides is 2. The van der Waals surface area contributed by atoms with Crippen LogP contribution in [-0.2, 0) is 22.8 Å². The number of imidazole rings is 1.